The van der Waals surface area contributed by atoms with Crippen LogP contribution in [0.4, 0.5) is 11.4 Å². The summed E-state index contributed by atoms with van der Waals surface area (Å²) in [6.07, 6.45) is 0. The van der Waals surface area contributed by atoms with Gasteiger partial charge < -0.3 is 0 Å². The SMILES string of the molecule is Cl.O=NN(c1ccccc1)c1ccccc1. The van der Waals surface area contributed by atoms with Gasteiger partial charge in [0.15, 0.2) is 0 Å². The molecule has 82 valence electrons. The van der Waals surface area contributed by atoms with Crippen LogP contribution in [-0.2, 0) is 0 Å². The normalized spacial score (nSPS) is 9.00. The average Bonchev–Trinajstić information content (AvgIpc) is 2.33. The molecule has 0 aliphatic heterocycles. The highest BCUT2D eigenvalue weighted by Crippen LogP contribution is 2.24. The molecule has 0 fully saturated rings. The maximum Gasteiger partial charge on any atom is 0.0685 e. The van der Waals surface area contributed by atoms with E-state index in [0.717, 1.165) is 11.4 Å². The number of rotatable bonds is 3. The van der Waals surface area contributed by atoms with Gasteiger partial charge in [0.1, 0.15) is 0 Å². The molecule has 0 unspecified atom stereocenters. The van der Waals surface area contributed by atoms with Gasteiger partial charge in [0.2, 0.25) is 0 Å². The van der Waals surface area contributed by atoms with Crippen molar-refractivity contribution in [2.45, 2.75) is 0 Å². The van der Waals surface area contributed by atoms with Crippen LogP contribution in [0.2, 0.25) is 0 Å². The smallest absolute Gasteiger partial charge is 0.0685 e. The third kappa shape index (κ3) is 2.58. The fourth-order valence-electron chi connectivity index (χ4n) is 1.38. The van der Waals surface area contributed by atoms with Crippen molar-refractivity contribution in [2.24, 2.45) is 5.29 Å². The molecule has 2 rings (SSSR count). The molecule has 3 nitrogen and oxygen atoms in total. The first-order valence-corrected chi connectivity index (χ1v) is 4.65. The van der Waals surface area contributed by atoms with Crippen molar-refractivity contribution in [3.63, 3.8) is 0 Å². The Morgan fingerprint density at radius 3 is 1.44 bits per heavy atom. The molecule has 0 spiro atoms. The summed E-state index contributed by atoms with van der Waals surface area (Å²) in [7, 11) is 0. The standard InChI is InChI=1S/C12H10N2O.ClH/c15-13-14(11-7-3-1-4-8-11)12-9-5-2-6-10-12;/h1-10H;1H. The maximum absolute atomic E-state index is 10.8. The number of nitroso groups, excluding NO2 is 1. The van der Waals surface area contributed by atoms with Crippen LogP contribution < -0.4 is 5.01 Å². The molecular weight excluding hydrogens is 224 g/mol. The van der Waals surface area contributed by atoms with Gasteiger partial charge in [0.05, 0.1) is 16.7 Å². The molecule has 0 heterocycles. The van der Waals surface area contributed by atoms with Crippen molar-refractivity contribution in [1.29, 1.82) is 0 Å². The van der Waals surface area contributed by atoms with Gasteiger partial charge in [-0.15, -0.1) is 17.3 Å². The van der Waals surface area contributed by atoms with Crippen LogP contribution in [0.5, 0.6) is 0 Å². The lowest BCUT2D eigenvalue weighted by Gasteiger charge is -2.14. The Kier molecular flexibility index (Phi) is 4.48. The zero-order chi connectivity index (χ0) is 10.5. The molecule has 4 heteroatoms. The maximum atomic E-state index is 10.8. The van der Waals surface area contributed by atoms with Crippen LogP contribution >= 0.6 is 12.4 Å². The second kappa shape index (κ2) is 5.88. The first-order chi connectivity index (χ1) is 7.42. The van der Waals surface area contributed by atoms with Crippen molar-refractivity contribution in [1.82, 2.24) is 0 Å². The third-order valence-electron chi connectivity index (χ3n) is 2.08. The monoisotopic (exact) mass is 234 g/mol. The van der Waals surface area contributed by atoms with Crippen LogP contribution in [-0.4, -0.2) is 0 Å². The zero-order valence-electron chi connectivity index (χ0n) is 8.48. The first kappa shape index (κ1) is 12.2. The Morgan fingerprint density at radius 1 is 0.750 bits per heavy atom. The molecule has 0 aliphatic carbocycles. The predicted molar refractivity (Wildman–Crippen MR) is 68.1 cm³/mol. The van der Waals surface area contributed by atoms with Gasteiger partial charge in [0, 0.05) is 0 Å². The van der Waals surface area contributed by atoms with Crippen molar-refractivity contribution < 1.29 is 0 Å². The average molecular weight is 235 g/mol. The van der Waals surface area contributed by atoms with Gasteiger partial charge in [-0.05, 0) is 24.3 Å². The van der Waals surface area contributed by atoms with E-state index in [2.05, 4.69) is 5.29 Å². The van der Waals surface area contributed by atoms with Crippen LogP contribution in [0.1, 0.15) is 0 Å². The molecule has 0 saturated heterocycles. The van der Waals surface area contributed by atoms with E-state index in [1.165, 1.54) is 5.01 Å². The summed E-state index contributed by atoms with van der Waals surface area (Å²) in [5.41, 5.74) is 1.53. The highest BCUT2D eigenvalue weighted by Gasteiger charge is 2.07. The lowest BCUT2D eigenvalue weighted by Crippen LogP contribution is -2.06. The minimum Gasteiger partial charge on any atom is -0.197 e. The molecule has 0 bridgehead atoms. The lowest BCUT2D eigenvalue weighted by molar-refractivity contribution is 1.07. The minimum atomic E-state index is 0. The van der Waals surface area contributed by atoms with Gasteiger partial charge in [-0.1, -0.05) is 36.4 Å². The van der Waals surface area contributed by atoms with Crippen LogP contribution in [0.15, 0.2) is 65.9 Å². The summed E-state index contributed by atoms with van der Waals surface area (Å²) in [4.78, 5) is 10.8. The van der Waals surface area contributed by atoms with Crippen molar-refractivity contribution in [3.05, 3.63) is 65.6 Å². The van der Waals surface area contributed by atoms with Gasteiger partial charge in [-0.3, -0.25) is 0 Å². The number of hydrogen-bond acceptors (Lipinski definition) is 2. The second-order valence-corrected chi connectivity index (χ2v) is 3.06. The molecule has 0 aromatic heterocycles. The topological polar surface area (TPSA) is 32.7 Å². The number of hydrogen-bond donors (Lipinski definition) is 0. The van der Waals surface area contributed by atoms with E-state index >= 15 is 0 Å². The molecule has 2 aromatic carbocycles. The van der Waals surface area contributed by atoms with Crippen molar-refractivity contribution >= 4 is 23.8 Å². The van der Waals surface area contributed by atoms with Crippen LogP contribution in [0, 0.1) is 4.91 Å². The number of anilines is 2. The number of halogens is 1. The molecule has 0 N–H and O–H groups in total. The Balaban J connectivity index is 0.00000128. The fraction of sp³-hybridized carbons (Fsp3) is 0. The summed E-state index contributed by atoms with van der Waals surface area (Å²) in [6.45, 7) is 0. The summed E-state index contributed by atoms with van der Waals surface area (Å²) in [5, 5.41) is 4.37. The quantitative estimate of drug-likeness (QED) is 0.596. The predicted octanol–water partition coefficient (Wildman–Crippen LogP) is 3.93. The first-order valence-electron chi connectivity index (χ1n) is 4.65. The van der Waals surface area contributed by atoms with Crippen molar-refractivity contribution in [2.75, 3.05) is 5.01 Å². The summed E-state index contributed by atoms with van der Waals surface area (Å²) < 4.78 is 0. The molecule has 0 radical (unpaired) electrons. The molecule has 0 aliphatic rings. The van der Waals surface area contributed by atoms with E-state index in [4.69, 9.17) is 0 Å². The molecule has 0 amide bonds. The second-order valence-electron chi connectivity index (χ2n) is 3.06. The largest absolute Gasteiger partial charge is 0.197 e. The summed E-state index contributed by atoms with van der Waals surface area (Å²) in [6, 6.07) is 18.7. The Bertz CT molecular complexity index is 394. The Hall–Kier alpha value is -1.87. The van der Waals surface area contributed by atoms with Crippen molar-refractivity contribution in [3.8, 4) is 0 Å². The molecule has 2 aromatic rings. The van der Waals surface area contributed by atoms with Crippen LogP contribution in [0.3, 0.4) is 0 Å². The summed E-state index contributed by atoms with van der Waals surface area (Å²) >= 11 is 0. The highest BCUT2D eigenvalue weighted by molar-refractivity contribution is 5.85. The number of nitrogens with zero attached hydrogens (tertiary/aromatic N) is 2. The van der Waals surface area contributed by atoms with E-state index in [0.29, 0.717) is 0 Å². The minimum absolute atomic E-state index is 0. The van der Waals surface area contributed by atoms with E-state index in [9.17, 15) is 4.91 Å². The summed E-state index contributed by atoms with van der Waals surface area (Å²) in [5.74, 6) is 0. The zero-order valence-corrected chi connectivity index (χ0v) is 9.30. The Morgan fingerprint density at radius 2 is 1.12 bits per heavy atom. The molecular formula is C12H11ClN2O. The molecule has 16 heavy (non-hydrogen) atoms. The van der Waals surface area contributed by atoms with E-state index in [1.807, 2.05) is 60.7 Å². The van der Waals surface area contributed by atoms with E-state index in [1.54, 1.807) is 0 Å². The highest BCUT2D eigenvalue weighted by atomic mass is 35.5. The van der Waals surface area contributed by atoms with Gasteiger partial charge in [-0.25, -0.2) is 0 Å². The molecule has 0 atom stereocenters. The number of benzene rings is 2. The number of para-hydroxylation sites is 2. The van der Waals surface area contributed by atoms with Gasteiger partial charge in [0.25, 0.3) is 0 Å². The third-order valence-corrected chi connectivity index (χ3v) is 2.08. The fourth-order valence-corrected chi connectivity index (χ4v) is 1.38. The molecule has 0 saturated carbocycles. The van der Waals surface area contributed by atoms with Gasteiger partial charge in [-0.2, -0.15) is 5.01 Å². The van der Waals surface area contributed by atoms with E-state index in [-0.39, 0.29) is 12.4 Å². The van der Waals surface area contributed by atoms with Crippen LogP contribution in [0.25, 0.3) is 0 Å². The van der Waals surface area contributed by atoms with Gasteiger partial charge >= 0.3 is 0 Å². The Labute approximate surface area is 100 Å². The lowest BCUT2D eigenvalue weighted by atomic mass is 10.2. The van der Waals surface area contributed by atoms with E-state index < -0.39 is 0 Å².